The van der Waals surface area contributed by atoms with Crippen LogP contribution in [-0.2, 0) is 29.7 Å². The number of rotatable bonds is 7. The highest BCUT2D eigenvalue weighted by molar-refractivity contribution is 5.95. The molecule has 2 aliphatic rings. The number of carbonyl (C=O) groups excluding carboxylic acids is 1. The lowest BCUT2D eigenvalue weighted by Crippen LogP contribution is -2.42. The van der Waals surface area contributed by atoms with Gasteiger partial charge in [-0.1, -0.05) is 42.5 Å². The third-order valence-electron chi connectivity index (χ3n) is 8.23. The van der Waals surface area contributed by atoms with Gasteiger partial charge in [0.05, 0.1) is 43.0 Å². The zero-order valence-electron chi connectivity index (χ0n) is 23.0. The maximum absolute atomic E-state index is 15.4. The molecule has 0 spiro atoms. The molecule has 6 rings (SSSR count). The Morgan fingerprint density at radius 3 is 2.42 bits per heavy atom. The Labute approximate surface area is 234 Å². The van der Waals surface area contributed by atoms with Crippen molar-refractivity contribution < 1.29 is 13.9 Å². The highest BCUT2D eigenvalue weighted by Crippen LogP contribution is 2.30. The van der Waals surface area contributed by atoms with Crippen molar-refractivity contribution in [1.82, 2.24) is 14.5 Å². The van der Waals surface area contributed by atoms with Gasteiger partial charge in [-0.3, -0.25) is 9.69 Å². The van der Waals surface area contributed by atoms with E-state index in [1.54, 1.807) is 11.0 Å². The van der Waals surface area contributed by atoms with Crippen LogP contribution in [0.15, 0.2) is 72.8 Å². The van der Waals surface area contributed by atoms with E-state index in [0.717, 1.165) is 54.9 Å². The molecule has 0 atom stereocenters. The molecule has 3 heterocycles. The molecule has 2 aliphatic heterocycles. The predicted octanol–water partition coefficient (Wildman–Crippen LogP) is 4.99. The number of likely N-dealkylation sites (tertiary alicyclic amines) is 1. The summed E-state index contributed by atoms with van der Waals surface area (Å²) in [6.07, 6.45) is 1.53. The predicted molar refractivity (Wildman–Crippen MR) is 156 cm³/mol. The normalized spacial score (nSPS) is 16.9. The van der Waals surface area contributed by atoms with Crippen LogP contribution in [0.25, 0.3) is 11.0 Å². The number of hydrogen-bond acceptors (Lipinski definition) is 5. The molecule has 0 unspecified atom stereocenters. The van der Waals surface area contributed by atoms with Crippen LogP contribution in [0, 0.1) is 11.7 Å². The van der Waals surface area contributed by atoms with Crippen LogP contribution in [0.1, 0.15) is 24.2 Å². The lowest BCUT2D eigenvalue weighted by molar-refractivity contribution is -0.124. The number of nitrogens with zero attached hydrogens (tertiary/aromatic N) is 5. The van der Waals surface area contributed by atoms with Gasteiger partial charge < -0.3 is 19.1 Å². The van der Waals surface area contributed by atoms with Crippen molar-refractivity contribution in [2.75, 3.05) is 49.2 Å². The maximum atomic E-state index is 15.4. The van der Waals surface area contributed by atoms with Crippen molar-refractivity contribution in [3.05, 3.63) is 90.0 Å². The number of aromatic nitrogens is 2. The zero-order chi connectivity index (χ0) is 27.5. The number of hydrogen-bond donors (Lipinski definition) is 0. The number of aryl methyl sites for hydroxylation is 1. The molecule has 0 N–H and O–H groups in total. The summed E-state index contributed by atoms with van der Waals surface area (Å²) in [6.45, 7) is 5.33. The van der Waals surface area contributed by atoms with E-state index in [1.807, 2.05) is 59.5 Å². The molecule has 0 radical (unpaired) electrons. The summed E-state index contributed by atoms with van der Waals surface area (Å²) >= 11 is 0. The quantitative estimate of drug-likeness (QED) is 0.330. The van der Waals surface area contributed by atoms with Gasteiger partial charge in [0.15, 0.2) is 0 Å². The molecule has 0 aliphatic carbocycles. The second kappa shape index (κ2) is 11.8. The molecular weight excluding hydrogens is 505 g/mol. The molecule has 7 nitrogen and oxygen atoms in total. The minimum absolute atomic E-state index is 0.0600. The van der Waals surface area contributed by atoms with Gasteiger partial charge in [0.2, 0.25) is 5.91 Å². The molecule has 2 saturated heterocycles. The van der Waals surface area contributed by atoms with Crippen molar-refractivity contribution in [2.24, 2.45) is 13.0 Å². The van der Waals surface area contributed by atoms with Gasteiger partial charge >= 0.3 is 0 Å². The fraction of sp³-hybridized carbons (Fsp3) is 0.375. The van der Waals surface area contributed by atoms with Crippen LogP contribution in [0.3, 0.4) is 0 Å². The van der Waals surface area contributed by atoms with Crippen molar-refractivity contribution in [1.29, 1.82) is 0 Å². The highest BCUT2D eigenvalue weighted by atomic mass is 19.1. The summed E-state index contributed by atoms with van der Waals surface area (Å²) in [7, 11) is 2.06. The summed E-state index contributed by atoms with van der Waals surface area (Å²) in [6, 6.07) is 23.3. The highest BCUT2D eigenvalue weighted by Gasteiger charge is 2.30. The van der Waals surface area contributed by atoms with Gasteiger partial charge in [-0.2, -0.15) is 0 Å². The number of amides is 1. The van der Waals surface area contributed by atoms with Gasteiger partial charge in [0.1, 0.15) is 11.6 Å². The van der Waals surface area contributed by atoms with E-state index in [9.17, 15) is 4.79 Å². The number of morpholine rings is 1. The van der Waals surface area contributed by atoms with Gasteiger partial charge in [-0.15, -0.1) is 0 Å². The largest absolute Gasteiger partial charge is 0.378 e. The van der Waals surface area contributed by atoms with Crippen LogP contribution >= 0.6 is 0 Å². The van der Waals surface area contributed by atoms with Gasteiger partial charge in [0, 0.05) is 31.7 Å². The number of carbonyl (C=O) groups is 1. The van der Waals surface area contributed by atoms with Crippen LogP contribution in [-0.4, -0.2) is 59.8 Å². The number of fused-ring (bicyclic) bond motifs is 1. The average molecular weight is 542 g/mol. The number of anilines is 2. The van der Waals surface area contributed by atoms with Crippen LogP contribution in [0.2, 0.25) is 0 Å². The summed E-state index contributed by atoms with van der Waals surface area (Å²) in [5.74, 6) is 0.683. The summed E-state index contributed by atoms with van der Waals surface area (Å²) in [5.41, 5.74) is 4.33. The molecule has 1 aromatic heterocycles. The number of piperidine rings is 1. The zero-order valence-corrected chi connectivity index (χ0v) is 23.0. The molecule has 1 amide bonds. The van der Waals surface area contributed by atoms with Crippen molar-refractivity contribution in [2.45, 2.75) is 25.9 Å². The Hall–Kier alpha value is -3.75. The summed E-state index contributed by atoms with van der Waals surface area (Å²) in [4.78, 5) is 25.0. The number of ether oxygens (including phenoxy) is 1. The lowest BCUT2D eigenvalue weighted by Gasteiger charge is -2.34. The summed E-state index contributed by atoms with van der Waals surface area (Å²) in [5, 5.41) is 0. The first-order valence-electron chi connectivity index (χ1n) is 14.2. The summed E-state index contributed by atoms with van der Waals surface area (Å²) < 4.78 is 23.0. The first-order valence-corrected chi connectivity index (χ1v) is 14.2. The number of para-hydroxylation sites is 2. The molecular formula is C32H36FN5O2. The third-order valence-corrected chi connectivity index (χ3v) is 8.23. The molecule has 8 heteroatoms. The average Bonchev–Trinajstić information content (AvgIpc) is 3.31. The lowest BCUT2D eigenvalue weighted by atomic mass is 9.94. The Morgan fingerprint density at radius 2 is 1.70 bits per heavy atom. The standard InChI is InChI=1S/C32H36FN5O2/c1-35-30-10-6-5-9-28(30)34-31(35)23-36-15-13-25(14-16-36)32(39)38(22-24-7-3-2-4-8-24)26-11-12-29(27(33)21-26)37-17-19-40-20-18-37/h2-12,21,25H,13-20,22-23H2,1H3. The van der Waals surface area contributed by atoms with Crippen LogP contribution in [0.4, 0.5) is 15.8 Å². The Kier molecular flexibility index (Phi) is 7.80. The van der Waals surface area contributed by atoms with Crippen LogP contribution in [0.5, 0.6) is 0 Å². The second-order valence-corrected chi connectivity index (χ2v) is 10.8. The second-order valence-electron chi connectivity index (χ2n) is 10.8. The SMILES string of the molecule is Cn1c(CN2CCC(C(=O)N(Cc3ccccc3)c3ccc(N4CCOCC4)c(F)c3)CC2)nc2ccccc21. The number of halogens is 1. The van der Waals surface area contributed by atoms with E-state index < -0.39 is 0 Å². The van der Waals surface area contributed by atoms with E-state index in [2.05, 4.69) is 22.6 Å². The molecule has 0 saturated carbocycles. The molecule has 2 fully saturated rings. The smallest absolute Gasteiger partial charge is 0.230 e. The number of imidazole rings is 1. The first-order chi connectivity index (χ1) is 19.6. The molecule has 0 bridgehead atoms. The molecule has 40 heavy (non-hydrogen) atoms. The monoisotopic (exact) mass is 541 g/mol. The van der Waals surface area contributed by atoms with Crippen LogP contribution < -0.4 is 9.80 Å². The van der Waals surface area contributed by atoms with E-state index in [0.29, 0.717) is 44.2 Å². The fourth-order valence-electron chi connectivity index (χ4n) is 5.88. The van der Waals surface area contributed by atoms with Gasteiger partial charge in [0.25, 0.3) is 0 Å². The minimum Gasteiger partial charge on any atom is -0.378 e. The van der Waals surface area contributed by atoms with Crippen molar-refractivity contribution in [3.8, 4) is 0 Å². The topological polar surface area (TPSA) is 53.8 Å². The van der Waals surface area contributed by atoms with Gasteiger partial charge in [-0.05, 0) is 61.8 Å². The fourth-order valence-corrected chi connectivity index (χ4v) is 5.88. The van der Waals surface area contributed by atoms with E-state index in [4.69, 9.17) is 9.72 Å². The Morgan fingerprint density at radius 1 is 0.975 bits per heavy atom. The Bertz CT molecular complexity index is 1460. The Balaban J connectivity index is 1.17. The maximum Gasteiger partial charge on any atom is 0.230 e. The van der Waals surface area contributed by atoms with Crippen molar-refractivity contribution in [3.63, 3.8) is 0 Å². The van der Waals surface area contributed by atoms with E-state index >= 15 is 4.39 Å². The molecule has 3 aromatic carbocycles. The third kappa shape index (κ3) is 5.60. The van der Waals surface area contributed by atoms with E-state index in [-0.39, 0.29) is 17.6 Å². The molecule has 4 aromatic rings. The minimum atomic E-state index is -0.303. The molecule has 208 valence electrons. The number of benzene rings is 3. The first kappa shape index (κ1) is 26.5. The van der Waals surface area contributed by atoms with E-state index in [1.165, 1.54) is 6.07 Å². The van der Waals surface area contributed by atoms with Crippen molar-refractivity contribution >= 4 is 28.3 Å². The van der Waals surface area contributed by atoms with Gasteiger partial charge in [-0.25, -0.2) is 9.37 Å².